The molecule has 0 unspecified atom stereocenters. The van der Waals surface area contributed by atoms with Crippen molar-refractivity contribution in [3.05, 3.63) is 34.4 Å². The minimum atomic E-state index is -0.423. The standard InChI is InChI=1S/C15H22N4O3S/c1-15(2,18-7-9-22-10-8-18)11-16-14(23)17-12-3-5-13(6-4-12)19(20)21/h3-6H,7-11H2,1-2H3,(H2,16,17,23)/p+1. The normalized spacial score (nSPS) is 15.9. The zero-order valence-electron chi connectivity index (χ0n) is 13.4. The van der Waals surface area contributed by atoms with Gasteiger partial charge >= 0.3 is 0 Å². The minimum Gasteiger partial charge on any atom is -0.370 e. The molecule has 3 N–H and O–H groups in total. The quantitative estimate of drug-likeness (QED) is 0.414. The lowest BCUT2D eigenvalue weighted by atomic mass is 10.0. The van der Waals surface area contributed by atoms with Gasteiger partial charge in [-0.2, -0.15) is 0 Å². The Morgan fingerprint density at radius 1 is 1.35 bits per heavy atom. The van der Waals surface area contributed by atoms with Gasteiger partial charge in [0, 0.05) is 17.8 Å². The van der Waals surface area contributed by atoms with Crippen LogP contribution in [0.3, 0.4) is 0 Å². The van der Waals surface area contributed by atoms with Crippen LogP contribution in [-0.2, 0) is 4.74 Å². The van der Waals surface area contributed by atoms with Crippen molar-refractivity contribution in [1.82, 2.24) is 5.32 Å². The molecule has 0 amide bonds. The smallest absolute Gasteiger partial charge is 0.269 e. The van der Waals surface area contributed by atoms with Gasteiger partial charge in [-0.05, 0) is 38.2 Å². The summed E-state index contributed by atoms with van der Waals surface area (Å²) in [4.78, 5) is 11.7. The highest BCUT2D eigenvalue weighted by Crippen LogP contribution is 2.15. The molecule has 0 aromatic heterocycles. The number of anilines is 1. The summed E-state index contributed by atoms with van der Waals surface area (Å²) in [5.74, 6) is 0. The first kappa shape index (κ1) is 17.6. The topological polar surface area (TPSA) is 80.9 Å². The highest BCUT2D eigenvalue weighted by Gasteiger charge is 2.32. The van der Waals surface area contributed by atoms with Gasteiger partial charge in [-0.1, -0.05) is 0 Å². The number of nitrogens with one attached hydrogen (secondary N) is 3. The van der Waals surface area contributed by atoms with Crippen molar-refractivity contribution in [2.45, 2.75) is 19.4 Å². The van der Waals surface area contributed by atoms with E-state index >= 15 is 0 Å². The summed E-state index contributed by atoms with van der Waals surface area (Å²) in [6.07, 6.45) is 0. The van der Waals surface area contributed by atoms with Gasteiger partial charge in [-0.25, -0.2) is 0 Å². The van der Waals surface area contributed by atoms with E-state index in [2.05, 4.69) is 24.5 Å². The molecular weight excluding hydrogens is 316 g/mol. The number of benzene rings is 1. The zero-order chi connectivity index (χ0) is 16.9. The van der Waals surface area contributed by atoms with Gasteiger partial charge in [0.15, 0.2) is 5.11 Å². The molecule has 0 aliphatic carbocycles. The number of non-ortho nitro benzene ring substituents is 1. The zero-order valence-corrected chi connectivity index (χ0v) is 14.2. The average molecular weight is 339 g/mol. The molecule has 1 saturated heterocycles. The summed E-state index contributed by atoms with van der Waals surface area (Å²) in [6, 6.07) is 6.19. The van der Waals surface area contributed by atoms with Gasteiger partial charge < -0.3 is 20.3 Å². The number of quaternary nitrogens is 1. The van der Waals surface area contributed by atoms with Gasteiger partial charge in [0.25, 0.3) is 5.69 Å². The van der Waals surface area contributed by atoms with Crippen molar-refractivity contribution < 1.29 is 14.6 Å². The van der Waals surface area contributed by atoms with Crippen LogP contribution >= 0.6 is 12.2 Å². The molecule has 1 aromatic rings. The number of hydrogen-bond donors (Lipinski definition) is 3. The van der Waals surface area contributed by atoms with E-state index in [1.54, 1.807) is 12.1 Å². The molecule has 1 aliphatic heterocycles. The Morgan fingerprint density at radius 2 is 1.96 bits per heavy atom. The lowest BCUT2D eigenvalue weighted by Crippen LogP contribution is -3.22. The summed E-state index contributed by atoms with van der Waals surface area (Å²) in [7, 11) is 0. The van der Waals surface area contributed by atoms with Crippen molar-refractivity contribution in [3.8, 4) is 0 Å². The Hall–Kier alpha value is -1.77. The molecule has 0 saturated carbocycles. The van der Waals surface area contributed by atoms with Crippen molar-refractivity contribution in [3.63, 3.8) is 0 Å². The maximum atomic E-state index is 10.6. The number of ether oxygens (including phenoxy) is 1. The molecule has 0 spiro atoms. The van der Waals surface area contributed by atoms with E-state index in [1.807, 2.05) is 0 Å². The number of thiocarbonyl (C=S) groups is 1. The van der Waals surface area contributed by atoms with E-state index in [9.17, 15) is 10.1 Å². The molecule has 0 bridgehead atoms. The third-order valence-corrected chi connectivity index (χ3v) is 4.33. The first-order valence-corrected chi connectivity index (χ1v) is 8.01. The second-order valence-corrected chi connectivity index (χ2v) is 6.62. The second kappa shape index (κ2) is 7.67. The third-order valence-electron chi connectivity index (χ3n) is 4.08. The first-order valence-electron chi connectivity index (χ1n) is 7.61. The number of nitrogens with zero attached hydrogens (tertiary/aromatic N) is 1. The minimum absolute atomic E-state index is 0.0466. The maximum absolute atomic E-state index is 10.6. The molecule has 7 nitrogen and oxygen atoms in total. The predicted octanol–water partition coefficient (Wildman–Crippen LogP) is 0.575. The molecule has 1 aromatic carbocycles. The fraction of sp³-hybridized carbons (Fsp3) is 0.533. The van der Waals surface area contributed by atoms with Crippen molar-refractivity contribution in [2.75, 3.05) is 38.2 Å². The van der Waals surface area contributed by atoms with Crippen LogP contribution in [0, 0.1) is 10.1 Å². The lowest BCUT2D eigenvalue weighted by molar-refractivity contribution is -0.954. The molecular formula is C15H23N4O3S+. The van der Waals surface area contributed by atoms with E-state index < -0.39 is 4.92 Å². The SMILES string of the molecule is CC(C)(CNC(=S)Nc1ccc([N+](=O)[O-])cc1)[NH+]1CCOCC1. The summed E-state index contributed by atoms with van der Waals surface area (Å²) in [5.41, 5.74) is 0.835. The Kier molecular flexibility index (Phi) is 5.86. The molecule has 1 fully saturated rings. The van der Waals surface area contributed by atoms with Gasteiger partial charge in [-0.15, -0.1) is 0 Å². The van der Waals surface area contributed by atoms with Crippen molar-refractivity contribution in [1.29, 1.82) is 0 Å². The lowest BCUT2D eigenvalue weighted by Gasteiger charge is -2.37. The number of nitro groups is 1. The highest BCUT2D eigenvalue weighted by molar-refractivity contribution is 7.80. The van der Waals surface area contributed by atoms with Crippen LogP contribution in [0.15, 0.2) is 24.3 Å². The Labute approximate surface area is 141 Å². The first-order chi connectivity index (χ1) is 10.9. The number of nitro benzene ring substituents is 1. The van der Waals surface area contributed by atoms with E-state index in [-0.39, 0.29) is 11.2 Å². The van der Waals surface area contributed by atoms with Crippen molar-refractivity contribution in [2.24, 2.45) is 0 Å². The van der Waals surface area contributed by atoms with Gasteiger partial charge in [0.1, 0.15) is 18.6 Å². The summed E-state index contributed by atoms with van der Waals surface area (Å²) in [6.45, 7) is 8.73. The highest BCUT2D eigenvalue weighted by atomic mass is 32.1. The van der Waals surface area contributed by atoms with Crippen LogP contribution in [0.1, 0.15) is 13.8 Å². The van der Waals surface area contributed by atoms with E-state index in [0.29, 0.717) is 5.11 Å². The Bertz CT molecular complexity index is 556. The maximum Gasteiger partial charge on any atom is 0.269 e. The van der Waals surface area contributed by atoms with Gasteiger partial charge in [-0.3, -0.25) is 10.1 Å². The largest absolute Gasteiger partial charge is 0.370 e. The summed E-state index contributed by atoms with van der Waals surface area (Å²) in [5, 5.41) is 17.4. The van der Waals surface area contributed by atoms with Crippen molar-refractivity contribution >= 4 is 28.7 Å². The number of morpholine rings is 1. The van der Waals surface area contributed by atoms with Gasteiger partial charge in [0.2, 0.25) is 0 Å². The van der Waals surface area contributed by atoms with E-state index in [1.165, 1.54) is 17.0 Å². The summed E-state index contributed by atoms with van der Waals surface area (Å²) >= 11 is 5.30. The molecule has 1 heterocycles. The predicted molar refractivity (Wildman–Crippen MR) is 92.9 cm³/mol. The third kappa shape index (κ3) is 5.12. The van der Waals surface area contributed by atoms with Crippen LogP contribution in [-0.4, -0.2) is 48.4 Å². The molecule has 0 atom stereocenters. The van der Waals surface area contributed by atoms with Gasteiger partial charge in [0.05, 0.1) is 24.7 Å². The van der Waals surface area contributed by atoms with E-state index in [4.69, 9.17) is 17.0 Å². The molecule has 2 rings (SSSR count). The molecule has 23 heavy (non-hydrogen) atoms. The van der Waals surface area contributed by atoms with E-state index in [0.717, 1.165) is 38.5 Å². The molecule has 1 aliphatic rings. The van der Waals surface area contributed by atoms with Crippen LogP contribution < -0.4 is 15.5 Å². The Balaban J connectivity index is 1.83. The van der Waals surface area contributed by atoms with Crippen LogP contribution in [0.25, 0.3) is 0 Å². The monoisotopic (exact) mass is 339 g/mol. The Morgan fingerprint density at radius 3 is 2.52 bits per heavy atom. The molecule has 126 valence electrons. The fourth-order valence-corrected chi connectivity index (χ4v) is 2.75. The molecule has 0 radical (unpaired) electrons. The van der Waals surface area contributed by atoms with Crippen LogP contribution in [0.4, 0.5) is 11.4 Å². The summed E-state index contributed by atoms with van der Waals surface area (Å²) < 4.78 is 5.40. The van der Waals surface area contributed by atoms with Crippen LogP contribution in [0.5, 0.6) is 0 Å². The number of rotatable bonds is 5. The second-order valence-electron chi connectivity index (χ2n) is 6.21. The fourth-order valence-electron chi connectivity index (χ4n) is 2.56. The molecule has 8 heteroatoms. The average Bonchev–Trinajstić information content (AvgIpc) is 2.54. The van der Waals surface area contributed by atoms with Crippen LogP contribution in [0.2, 0.25) is 0 Å². The number of hydrogen-bond acceptors (Lipinski definition) is 4.